The third-order valence-electron chi connectivity index (χ3n) is 1.56. The number of rotatable bonds is 2. The molecule has 72 valence electrons. The van der Waals surface area contributed by atoms with Crippen molar-refractivity contribution in [2.75, 3.05) is 0 Å². The minimum atomic E-state index is 0. The van der Waals surface area contributed by atoms with Gasteiger partial charge in [-0.25, -0.2) is 4.99 Å². The minimum Gasteiger partial charge on any atom is -0.370 e. The van der Waals surface area contributed by atoms with Crippen molar-refractivity contribution in [1.82, 2.24) is 0 Å². The van der Waals surface area contributed by atoms with Crippen molar-refractivity contribution >= 4 is 22.9 Å². The number of guanidine groups is 1. The Morgan fingerprint density at radius 1 is 1.23 bits per heavy atom. The summed E-state index contributed by atoms with van der Waals surface area (Å²) in [6, 6.07) is 8.11. The quantitative estimate of drug-likeness (QED) is 0.609. The Morgan fingerprint density at radius 3 is 2.23 bits per heavy atom. The number of aliphatic imine (C=N–C) groups is 1. The number of benzene rings is 1. The lowest BCUT2D eigenvalue weighted by Crippen LogP contribution is -2.22. The molecule has 0 radical (unpaired) electrons. The molecule has 0 saturated heterocycles. The van der Waals surface area contributed by atoms with Crippen LogP contribution < -0.4 is 11.5 Å². The zero-order chi connectivity index (χ0) is 8.97. The summed E-state index contributed by atoms with van der Waals surface area (Å²) in [5.41, 5.74) is 12.8. The van der Waals surface area contributed by atoms with E-state index in [-0.39, 0.29) is 22.9 Å². The van der Waals surface area contributed by atoms with Crippen molar-refractivity contribution in [2.24, 2.45) is 16.5 Å². The molecule has 1 aromatic carbocycles. The van der Waals surface area contributed by atoms with Crippen LogP contribution in [-0.4, -0.2) is 5.96 Å². The van der Waals surface area contributed by atoms with Crippen LogP contribution in [-0.2, 0) is 6.54 Å². The predicted octanol–water partition coefficient (Wildman–Crippen LogP) is 1.35. The van der Waals surface area contributed by atoms with E-state index in [1.807, 2.05) is 31.2 Å². The summed E-state index contributed by atoms with van der Waals surface area (Å²) in [5, 5.41) is 0. The second kappa shape index (κ2) is 5.59. The minimum absolute atomic E-state index is 0. The first-order chi connectivity index (χ1) is 5.68. The normalized spacial score (nSPS) is 8.69. The standard InChI is InChI=1S/C9H13N3.BrH/c1-7-2-4-8(5-3-7)6-12-9(10)11;/h2-5H,6H2,1H3,(H4,10,11,12);1H. The van der Waals surface area contributed by atoms with E-state index in [0.717, 1.165) is 5.56 Å². The van der Waals surface area contributed by atoms with E-state index in [9.17, 15) is 0 Å². The van der Waals surface area contributed by atoms with Gasteiger partial charge in [-0.3, -0.25) is 0 Å². The summed E-state index contributed by atoms with van der Waals surface area (Å²) in [5.74, 6) is 0.135. The van der Waals surface area contributed by atoms with Crippen molar-refractivity contribution in [3.05, 3.63) is 35.4 Å². The van der Waals surface area contributed by atoms with Crippen molar-refractivity contribution in [2.45, 2.75) is 13.5 Å². The maximum atomic E-state index is 5.20. The molecule has 0 aromatic heterocycles. The van der Waals surface area contributed by atoms with Gasteiger partial charge in [-0.2, -0.15) is 0 Å². The average Bonchev–Trinajstić information content (AvgIpc) is 2.03. The van der Waals surface area contributed by atoms with Gasteiger partial charge < -0.3 is 11.5 Å². The van der Waals surface area contributed by atoms with Gasteiger partial charge in [0.15, 0.2) is 5.96 Å². The molecule has 0 spiro atoms. The van der Waals surface area contributed by atoms with Crippen LogP contribution in [0.5, 0.6) is 0 Å². The lowest BCUT2D eigenvalue weighted by molar-refractivity contribution is 1.05. The van der Waals surface area contributed by atoms with E-state index >= 15 is 0 Å². The van der Waals surface area contributed by atoms with Crippen LogP contribution in [0.2, 0.25) is 0 Å². The molecule has 1 aromatic rings. The second-order valence-corrected chi connectivity index (χ2v) is 2.73. The van der Waals surface area contributed by atoms with Crippen molar-refractivity contribution in [3.8, 4) is 0 Å². The fourth-order valence-corrected chi connectivity index (χ4v) is 0.876. The van der Waals surface area contributed by atoms with Gasteiger partial charge in [0.2, 0.25) is 0 Å². The molecule has 4 N–H and O–H groups in total. The van der Waals surface area contributed by atoms with Crippen LogP contribution in [0, 0.1) is 6.92 Å². The molecule has 0 aliphatic rings. The van der Waals surface area contributed by atoms with Gasteiger partial charge in [0.25, 0.3) is 0 Å². The van der Waals surface area contributed by atoms with Crippen molar-refractivity contribution in [3.63, 3.8) is 0 Å². The molecule has 1 rings (SSSR count). The zero-order valence-corrected chi connectivity index (χ0v) is 9.24. The van der Waals surface area contributed by atoms with Crippen LogP contribution in [0.25, 0.3) is 0 Å². The predicted molar refractivity (Wildman–Crippen MR) is 61.0 cm³/mol. The Labute approximate surface area is 88.6 Å². The van der Waals surface area contributed by atoms with Gasteiger partial charge in [0.05, 0.1) is 6.54 Å². The highest BCUT2D eigenvalue weighted by Crippen LogP contribution is 2.03. The molecule has 0 heterocycles. The van der Waals surface area contributed by atoms with Crippen molar-refractivity contribution < 1.29 is 0 Å². The number of halogens is 1. The second-order valence-electron chi connectivity index (χ2n) is 2.73. The third kappa shape index (κ3) is 4.52. The van der Waals surface area contributed by atoms with Crippen LogP contribution in [0.4, 0.5) is 0 Å². The van der Waals surface area contributed by atoms with Crippen LogP contribution in [0.1, 0.15) is 11.1 Å². The molecule has 0 aliphatic carbocycles. The van der Waals surface area contributed by atoms with E-state index in [0.29, 0.717) is 6.54 Å². The van der Waals surface area contributed by atoms with Gasteiger partial charge in [0, 0.05) is 0 Å². The van der Waals surface area contributed by atoms with E-state index in [2.05, 4.69) is 4.99 Å². The van der Waals surface area contributed by atoms with Crippen LogP contribution in [0.15, 0.2) is 29.3 Å². The molecule has 0 amide bonds. The van der Waals surface area contributed by atoms with E-state index in [1.54, 1.807) is 0 Å². The Morgan fingerprint density at radius 2 is 1.77 bits per heavy atom. The highest BCUT2D eigenvalue weighted by molar-refractivity contribution is 8.93. The summed E-state index contributed by atoms with van der Waals surface area (Å²) in [7, 11) is 0. The lowest BCUT2D eigenvalue weighted by atomic mass is 10.1. The highest BCUT2D eigenvalue weighted by Gasteiger charge is 1.89. The topological polar surface area (TPSA) is 64.4 Å². The van der Waals surface area contributed by atoms with Gasteiger partial charge in [-0.1, -0.05) is 29.8 Å². The Hall–Kier alpha value is -1.03. The summed E-state index contributed by atoms with van der Waals surface area (Å²) in [6.07, 6.45) is 0. The number of hydrogen-bond donors (Lipinski definition) is 2. The molecule has 0 fully saturated rings. The monoisotopic (exact) mass is 243 g/mol. The molecule has 0 aliphatic heterocycles. The smallest absolute Gasteiger partial charge is 0.186 e. The number of aryl methyl sites for hydroxylation is 1. The first-order valence-electron chi connectivity index (χ1n) is 3.79. The van der Waals surface area contributed by atoms with E-state index < -0.39 is 0 Å². The molecule has 4 heteroatoms. The van der Waals surface area contributed by atoms with Gasteiger partial charge in [0.1, 0.15) is 0 Å². The van der Waals surface area contributed by atoms with E-state index in [1.165, 1.54) is 5.56 Å². The van der Waals surface area contributed by atoms with Crippen molar-refractivity contribution in [1.29, 1.82) is 0 Å². The summed E-state index contributed by atoms with van der Waals surface area (Å²) >= 11 is 0. The number of nitrogens with zero attached hydrogens (tertiary/aromatic N) is 1. The largest absolute Gasteiger partial charge is 0.370 e. The van der Waals surface area contributed by atoms with Gasteiger partial charge >= 0.3 is 0 Å². The molecule has 0 bridgehead atoms. The summed E-state index contributed by atoms with van der Waals surface area (Å²) < 4.78 is 0. The number of nitrogens with two attached hydrogens (primary N) is 2. The zero-order valence-electron chi connectivity index (χ0n) is 7.53. The SMILES string of the molecule is Br.Cc1ccc(CN=C(N)N)cc1. The molecule has 0 atom stereocenters. The summed E-state index contributed by atoms with van der Waals surface area (Å²) in [6.45, 7) is 2.60. The van der Waals surface area contributed by atoms with Gasteiger partial charge in [-0.15, -0.1) is 17.0 Å². The first-order valence-corrected chi connectivity index (χ1v) is 3.79. The third-order valence-corrected chi connectivity index (χ3v) is 1.56. The molecule has 13 heavy (non-hydrogen) atoms. The Balaban J connectivity index is 0.00000144. The molecule has 3 nitrogen and oxygen atoms in total. The molecular formula is C9H14BrN3. The van der Waals surface area contributed by atoms with Crippen LogP contribution in [0.3, 0.4) is 0 Å². The summed E-state index contributed by atoms with van der Waals surface area (Å²) in [4.78, 5) is 3.90. The Kier molecular flexibility index (Phi) is 5.14. The Bertz CT molecular complexity index is 275. The lowest BCUT2D eigenvalue weighted by Gasteiger charge is -1.97. The van der Waals surface area contributed by atoms with E-state index in [4.69, 9.17) is 11.5 Å². The maximum Gasteiger partial charge on any atom is 0.186 e. The first kappa shape index (κ1) is 12.0. The highest BCUT2D eigenvalue weighted by atomic mass is 79.9. The molecule has 0 unspecified atom stereocenters. The average molecular weight is 244 g/mol. The molecular weight excluding hydrogens is 230 g/mol. The number of hydrogen-bond acceptors (Lipinski definition) is 1. The fourth-order valence-electron chi connectivity index (χ4n) is 0.876. The molecule has 0 saturated carbocycles. The maximum absolute atomic E-state index is 5.20. The van der Waals surface area contributed by atoms with Crippen LogP contribution >= 0.6 is 17.0 Å². The van der Waals surface area contributed by atoms with Gasteiger partial charge in [-0.05, 0) is 12.5 Å². The fraction of sp³-hybridized carbons (Fsp3) is 0.222.